The fraction of sp³-hybridized carbons (Fsp3) is 0.130. The van der Waals surface area contributed by atoms with Crippen LogP contribution in [0, 0.1) is 5.82 Å². The first kappa shape index (κ1) is 21.6. The highest BCUT2D eigenvalue weighted by atomic mass is 32.1. The lowest BCUT2D eigenvalue weighted by Gasteiger charge is -2.11. The first-order valence-electron chi connectivity index (χ1n) is 10.5. The number of aromatic nitrogens is 2. The molecule has 0 unspecified atom stereocenters. The van der Waals surface area contributed by atoms with Crippen molar-refractivity contribution in [2.45, 2.75) is 18.9 Å². The number of nitrogens with zero attached hydrogens (tertiary/aromatic N) is 2. The number of fused-ring (bicyclic) bond motifs is 1. The second-order valence-electron chi connectivity index (χ2n) is 7.87. The lowest BCUT2D eigenvalue weighted by molar-refractivity contribution is 0.100. The van der Waals surface area contributed by atoms with Crippen molar-refractivity contribution in [2.24, 2.45) is 5.73 Å². The summed E-state index contributed by atoms with van der Waals surface area (Å²) in [6.45, 7) is 0. The zero-order chi connectivity index (χ0) is 23.8. The Morgan fingerprint density at radius 2 is 1.76 bits per heavy atom. The number of hydrogen-bond acceptors (Lipinski definition) is 7. The molecule has 3 amide bonds. The van der Waals surface area contributed by atoms with Crippen LogP contribution in [0.3, 0.4) is 0 Å². The second-order valence-corrected chi connectivity index (χ2v) is 8.87. The first-order valence-corrected chi connectivity index (χ1v) is 11.3. The minimum Gasteiger partial charge on any atom is -0.397 e. The Labute approximate surface area is 197 Å². The zero-order valence-corrected chi connectivity index (χ0v) is 18.6. The molecular weight excluding hydrogens is 457 g/mol. The summed E-state index contributed by atoms with van der Waals surface area (Å²) in [5.41, 5.74) is 14.1. The van der Waals surface area contributed by atoms with Crippen LogP contribution in [0.1, 0.15) is 22.5 Å². The molecule has 4 aromatic rings. The van der Waals surface area contributed by atoms with Gasteiger partial charge in [-0.1, -0.05) is 12.1 Å². The number of nitrogens with two attached hydrogens (primary N) is 2. The number of urea groups is 1. The molecule has 0 spiro atoms. The number of carbonyl (C=O) groups excluding carboxylic acids is 2. The van der Waals surface area contributed by atoms with Crippen molar-refractivity contribution < 1.29 is 14.0 Å². The van der Waals surface area contributed by atoms with Crippen molar-refractivity contribution in [3.8, 4) is 11.3 Å². The van der Waals surface area contributed by atoms with Gasteiger partial charge in [0.15, 0.2) is 0 Å². The number of rotatable bonds is 6. The number of halogens is 1. The molecule has 0 saturated heterocycles. The third-order valence-corrected chi connectivity index (χ3v) is 6.33. The molecule has 2 aromatic heterocycles. The van der Waals surface area contributed by atoms with Gasteiger partial charge in [0.05, 0.1) is 16.8 Å². The molecule has 1 aliphatic rings. The van der Waals surface area contributed by atoms with Gasteiger partial charge in [0.25, 0.3) is 5.91 Å². The van der Waals surface area contributed by atoms with Crippen molar-refractivity contribution in [1.82, 2.24) is 9.97 Å². The summed E-state index contributed by atoms with van der Waals surface area (Å²) in [6.07, 6.45) is 2.08. The number of carbonyl (C=O) groups is 2. The van der Waals surface area contributed by atoms with E-state index in [4.69, 9.17) is 11.5 Å². The van der Waals surface area contributed by atoms with Crippen molar-refractivity contribution in [3.05, 3.63) is 59.2 Å². The number of hydrogen-bond donors (Lipinski definition) is 5. The summed E-state index contributed by atoms with van der Waals surface area (Å²) in [7, 11) is 0. The van der Waals surface area contributed by atoms with Gasteiger partial charge in [0, 0.05) is 23.0 Å². The molecule has 9 nitrogen and oxygen atoms in total. The van der Waals surface area contributed by atoms with Gasteiger partial charge < -0.3 is 27.4 Å². The van der Waals surface area contributed by atoms with Gasteiger partial charge in [-0.05, 0) is 49.2 Å². The summed E-state index contributed by atoms with van der Waals surface area (Å²) < 4.78 is 13.1. The van der Waals surface area contributed by atoms with Crippen molar-refractivity contribution in [3.63, 3.8) is 0 Å². The summed E-state index contributed by atoms with van der Waals surface area (Å²) in [4.78, 5) is 34.3. The molecule has 0 bridgehead atoms. The van der Waals surface area contributed by atoms with E-state index in [0.29, 0.717) is 44.8 Å². The predicted molar refractivity (Wildman–Crippen MR) is 131 cm³/mol. The van der Waals surface area contributed by atoms with Crippen LogP contribution in [-0.2, 0) is 0 Å². The van der Waals surface area contributed by atoms with E-state index in [2.05, 4.69) is 25.9 Å². The minimum atomic E-state index is -0.629. The Bertz CT molecular complexity index is 1420. The Balaban J connectivity index is 1.49. The number of nitrogens with one attached hydrogen (secondary N) is 3. The number of benzene rings is 2. The zero-order valence-electron chi connectivity index (χ0n) is 17.8. The average Bonchev–Trinajstić information content (AvgIpc) is 3.55. The van der Waals surface area contributed by atoms with E-state index in [1.807, 2.05) is 6.07 Å². The molecule has 2 aromatic carbocycles. The largest absolute Gasteiger partial charge is 0.397 e. The lowest BCUT2D eigenvalue weighted by atomic mass is 10.1. The Morgan fingerprint density at radius 3 is 2.47 bits per heavy atom. The molecule has 7 N–H and O–H groups in total. The molecule has 1 aliphatic carbocycles. The Kier molecular flexibility index (Phi) is 5.46. The minimum absolute atomic E-state index is 0.224. The maximum Gasteiger partial charge on any atom is 0.323 e. The number of primary amides is 1. The fourth-order valence-corrected chi connectivity index (χ4v) is 4.41. The maximum atomic E-state index is 13.1. The molecule has 11 heteroatoms. The molecule has 5 rings (SSSR count). The van der Waals surface area contributed by atoms with E-state index in [1.54, 1.807) is 18.2 Å². The third-order valence-electron chi connectivity index (χ3n) is 5.22. The normalized spacial score (nSPS) is 13.0. The van der Waals surface area contributed by atoms with E-state index in [9.17, 15) is 14.0 Å². The summed E-state index contributed by atoms with van der Waals surface area (Å²) >= 11 is 1.12. The summed E-state index contributed by atoms with van der Waals surface area (Å²) in [5.74, 6) is -0.580. The van der Waals surface area contributed by atoms with Gasteiger partial charge in [-0.2, -0.15) is 0 Å². The van der Waals surface area contributed by atoms with Crippen LogP contribution in [0.25, 0.3) is 21.5 Å². The Morgan fingerprint density at radius 1 is 1.03 bits per heavy atom. The first-order chi connectivity index (χ1) is 16.4. The van der Waals surface area contributed by atoms with E-state index in [-0.39, 0.29) is 10.6 Å². The summed E-state index contributed by atoms with van der Waals surface area (Å²) in [5, 5.41) is 9.21. The van der Waals surface area contributed by atoms with Crippen LogP contribution in [0.15, 0.2) is 48.5 Å². The highest BCUT2D eigenvalue weighted by Gasteiger charge is 2.25. The maximum absolute atomic E-state index is 13.1. The van der Waals surface area contributed by atoms with Gasteiger partial charge in [-0.25, -0.2) is 19.2 Å². The second kappa shape index (κ2) is 8.60. The highest BCUT2D eigenvalue weighted by molar-refractivity contribution is 7.21. The van der Waals surface area contributed by atoms with Crippen molar-refractivity contribution in [2.75, 3.05) is 21.7 Å². The fourth-order valence-electron chi connectivity index (χ4n) is 3.46. The molecule has 34 heavy (non-hydrogen) atoms. The molecule has 0 aliphatic heterocycles. The molecule has 0 radical (unpaired) electrons. The van der Waals surface area contributed by atoms with Crippen LogP contribution < -0.4 is 27.4 Å². The van der Waals surface area contributed by atoms with Crippen LogP contribution in [0.2, 0.25) is 0 Å². The summed E-state index contributed by atoms with van der Waals surface area (Å²) in [6, 6.07) is 12.3. The van der Waals surface area contributed by atoms with E-state index in [1.165, 1.54) is 24.3 Å². The SMILES string of the molecule is NC(=O)c1sc2nc(NC3CC3)nc(-c3cccc(NC(=O)Nc4ccc(F)cc4)c3)c2c1N. The molecule has 1 saturated carbocycles. The lowest BCUT2D eigenvalue weighted by Crippen LogP contribution is -2.19. The molecule has 0 atom stereocenters. The highest BCUT2D eigenvalue weighted by Crippen LogP contribution is 2.39. The number of anilines is 4. The van der Waals surface area contributed by atoms with Gasteiger partial charge in [-0.3, -0.25) is 4.79 Å². The molecule has 172 valence electrons. The molecule has 2 heterocycles. The van der Waals surface area contributed by atoms with Crippen LogP contribution in [0.4, 0.5) is 32.2 Å². The standard InChI is InChI=1S/C23H20FN7O2S/c24-12-4-6-14(7-5-12)28-23(33)29-15-3-1-2-11(10-15)18-16-17(25)19(20(26)32)34-21(16)31-22(30-18)27-13-8-9-13/h1-7,10,13H,8-9,25H2,(H2,26,32)(H,27,30,31)(H2,28,29,33). The van der Waals surface area contributed by atoms with E-state index < -0.39 is 17.8 Å². The number of nitrogen functional groups attached to an aromatic ring is 1. The van der Waals surface area contributed by atoms with Crippen LogP contribution >= 0.6 is 11.3 Å². The molecule has 1 fully saturated rings. The number of thiophene rings is 1. The Hall–Kier alpha value is -4.25. The van der Waals surface area contributed by atoms with Gasteiger partial charge >= 0.3 is 6.03 Å². The van der Waals surface area contributed by atoms with Crippen LogP contribution in [0.5, 0.6) is 0 Å². The monoisotopic (exact) mass is 477 g/mol. The van der Waals surface area contributed by atoms with Crippen molar-refractivity contribution in [1.29, 1.82) is 0 Å². The number of amides is 3. The quantitative estimate of drug-likeness (QED) is 0.278. The molecular formula is C23H20FN7O2S. The van der Waals surface area contributed by atoms with Gasteiger partial charge in [-0.15, -0.1) is 11.3 Å². The van der Waals surface area contributed by atoms with E-state index >= 15 is 0 Å². The smallest absolute Gasteiger partial charge is 0.323 e. The van der Waals surface area contributed by atoms with Gasteiger partial charge in [0.1, 0.15) is 15.5 Å². The third kappa shape index (κ3) is 4.46. The van der Waals surface area contributed by atoms with E-state index in [0.717, 1.165) is 24.2 Å². The van der Waals surface area contributed by atoms with Crippen LogP contribution in [-0.4, -0.2) is 27.9 Å². The topological polar surface area (TPSA) is 148 Å². The average molecular weight is 478 g/mol. The van der Waals surface area contributed by atoms with Crippen molar-refractivity contribution >= 4 is 56.5 Å². The van der Waals surface area contributed by atoms with Gasteiger partial charge in [0.2, 0.25) is 5.95 Å². The predicted octanol–water partition coefficient (Wildman–Crippen LogP) is 4.40.